The molecule has 1 aromatic heterocycles. The van der Waals surface area contributed by atoms with Crippen molar-refractivity contribution in [1.82, 2.24) is 14.8 Å². The van der Waals surface area contributed by atoms with Gasteiger partial charge in [0.25, 0.3) is 5.92 Å². The fourth-order valence-electron chi connectivity index (χ4n) is 5.58. The maximum absolute atomic E-state index is 15.7. The lowest BCUT2D eigenvalue weighted by Gasteiger charge is -2.43. The van der Waals surface area contributed by atoms with Gasteiger partial charge in [-0.1, -0.05) is 6.07 Å². The molecule has 0 saturated carbocycles. The average Bonchev–Trinajstić information content (AvgIpc) is 3.22. The number of anilines is 1. The maximum Gasteiger partial charge on any atom is 0.417 e. The van der Waals surface area contributed by atoms with Gasteiger partial charge in [0.2, 0.25) is 0 Å². The van der Waals surface area contributed by atoms with Gasteiger partial charge in [-0.15, -0.1) is 0 Å². The van der Waals surface area contributed by atoms with E-state index in [9.17, 15) is 23.1 Å². The monoisotopic (exact) mass is 540 g/mol. The molecule has 1 saturated heterocycles. The minimum Gasteiger partial charge on any atom is -0.408 e. The molecule has 2 aliphatic heterocycles. The molecule has 0 radical (unpaired) electrons. The second-order valence-corrected chi connectivity index (χ2v) is 10.2. The van der Waals surface area contributed by atoms with Crippen LogP contribution in [-0.4, -0.2) is 77.4 Å². The Morgan fingerprint density at radius 1 is 1.21 bits per heavy atom. The Hall–Kier alpha value is -2.96. The fourth-order valence-corrected chi connectivity index (χ4v) is 5.58. The van der Waals surface area contributed by atoms with E-state index < -0.39 is 60.8 Å². The van der Waals surface area contributed by atoms with Crippen LogP contribution in [0, 0.1) is 11.6 Å². The van der Waals surface area contributed by atoms with E-state index in [1.807, 2.05) is 4.90 Å². The average molecular weight is 541 g/mol. The van der Waals surface area contributed by atoms with Crippen molar-refractivity contribution in [1.29, 1.82) is 0 Å². The van der Waals surface area contributed by atoms with Gasteiger partial charge in [0.05, 0.1) is 30.8 Å². The number of fused-ring (bicyclic) bond motifs is 3. The lowest BCUT2D eigenvalue weighted by molar-refractivity contribution is -0.0866. The van der Waals surface area contributed by atoms with Gasteiger partial charge in [0.15, 0.2) is 5.58 Å². The van der Waals surface area contributed by atoms with Crippen molar-refractivity contribution >= 4 is 16.8 Å². The second-order valence-electron chi connectivity index (χ2n) is 10.2. The van der Waals surface area contributed by atoms with Gasteiger partial charge in [-0.3, -0.25) is 19.2 Å². The van der Waals surface area contributed by atoms with Gasteiger partial charge in [0, 0.05) is 42.5 Å². The van der Waals surface area contributed by atoms with Crippen LogP contribution in [0.2, 0.25) is 0 Å². The summed E-state index contributed by atoms with van der Waals surface area (Å²) in [7, 11) is 0. The summed E-state index contributed by atoms with van der Waals surface area (Å²) >= 11 is 0. The molecule has 3 aromatic rings. The first-order valence-corrected chi connectivity index (χ1v) is 12.5. The van der Waals surface area contributed by atoms with Gasteiger partial charge in [-0.2, -0.15) is 0 Å². The molecule has 0 bridgehead atoms. The number of aliphatic hydroxyl groups excluding tert-OH is 1. The van der Waals surface area contributed by atoms with Crippen molar-refractivity contribution in [3.05, 3.63) is 63.1 Å². The van der Waals surface area contributed by atoms with Gasteiger partial charge >= 0.3 is 5.76 Å². The molecule has 1 fully saturated rings. The standard InChI is InChI=1S/C26H29F5N4O3/c1-14-7-18-17(3-4-21-24(18)38-25(37)33-21)23(35(14)12-26(30,31)13-36)22-19(28)8-15(9-20(22)29)32-16-10-34(11-16)6-2-5-27/h3-4,8-9,14,16,23,32,36H,2,5-7,10-13H2,1H3,(H,33,37)/t14-,23?/m1/s1. The highest BCUT2D eigenvalue weighted by atomic mass is 19.3. The maximum atomic E-state index is 15.7. The Balaban J connectivity index is 1.52. The summed E-state index contributed by atoms with van der Waals surface area (Å²) in [5.74, 6) is -6.04. The molecule has 0 amide bonds. The molecule has 5 rings (SSSR count). The van der Waals surface area contributed by atoms with Gasteiger partial charge in [-0.05, 0) is 43.5 Å². The first-order chi connectivity index (χ1) is 18.1. The minimum atomic E-state index is -3.51. The number of aliphatic hydroxyl groups is 1. The highest BCUT2D eigenvalue weighted by Crippen LogP contribution is 2.43. The van der Waals surface area contributed by atoms with E-state index in [0.717, 1.165) is 12.1 Å². The Kier molecular flexibility index (Phi) is 7.23. The zero-order valence-corrected chi connectivity index (χ0v) is 20.7. The molecule has 2 aliphatic rings. The van der Waals surface area contributed by atoms with Crippen LogP contribution >= 0.6 is 0 Å². The van der Waals surface area contributed by atoms with E-state index in [2.05, 4.69) is 10.3 Å². The number of benzene rings is 2. The zero-order chi connectivity index (χ0) is 27.2. The zero-order valence-electron chi connectivity index (χ0n) is 20.7. The predicted octanol–water partition coefficient (Wildman–Crippen LogP) is 3.82. The topological polar surface area (TPSA) is 84.7 Å². The molecule has 0 aliphatic carbocycles. The number of hydrogen-bond donors (Lipinski definition) is 3. The van der Waals surface area contributed by atoms with Crippen LogP contribution in [0.3, 0.4) is 0 Å². The number of H-pyrrole nitrogens is 1. The van der Waals surface area contributed by atoms with Crippen LogP contribution in [0.5, 0.6) is 0 Å². The molecule has 3 heterocycles. The van der Waals surface area contributed by atoms with E-state index >= 15 is 8.78 Å². The number of nitrogens with zero attached hydrogens (tertiary/aromatic N) is 2. The third-order valence-corrected chi connectivity index (χ3v) is 7.35. The predicted molar refractivity (Wildman–Crippen MR) is 131 cm³/mol. The highest BCUT2D eigenvalue weighted by Gasteiger charge is 2.43. The summed E-state index contributed by atoms with van der Waals surface area (Å²) in [5.41, 5.74) is 1.27. The summed E-state index contributed by atoms with van der Waals surface area (Å²) in [6, 6.07) is 3.40. The number of oxazole rings is 1. The first kappa shape index (κ1) is 26.6. The van der Waals surface area contributed by atoms with Gasteiger partial charge in [0.1, 0.15) is 18.2 Å². The number of rotatable bonds is 9. The molecular weight excluding hydrogens is 511 g/mol. The van der Waals surface area contributed by atoms with Crippen LogP contribution in [-0.2, 0) is 6.42 Å². The van der Waals surface area contributed by atoms with Crippen molar-refractivity contribution in [2.24, 2.45) is 0 Å². The molecule has 3 N–H and O–H groups in total. The van der Waals surface area contributed by atoms with Crippen molar-refractivity contribution in [2.45, 2.75) is 43.8 Å². The molecular formula is C26H29F5N4O3. The number of nitrogens with one attached hydrogen (secondary N) is 2. The highest BCUT2D eigenvalue weighted by molar-refractivity contribution is 5.78. The number of hydrogen-bond acceptors (Lipinski definition) is 6. The molecule has 1 unspecified atom stereocenters. The van der Waals surface area contributed by atoms with Crippen LogP contribution < -0.4 is 11.1 Å². The van der Waals surface area contributed by atoms with E-state index in [0.29, 0.717) is 42.7 Å². The summed E-state index contributed by atoms with van der Waals surface area (Å²) < 4.78 is 77.8. The molecule has 206 valence electrons. The van der Waals surface area contributed by atoms with E-state index in [-0.39, 0.29) is 23.7 Å². The fraction of sp³-hybridized carbons (Fsp3) is 0.500. The normalized spacial score (nSPS) is 21.0. The smallest absolute Gasteiger partial charge is 0.408 e. The second kappa shape index (κ2) is 10.3. The first-order valence-electron chi connectivity index (χ1n) is 12.5. The lowest BCUT2D eigenvalue weighted by atomic mass is 9.83. The van der Waals surface area contributed by atoms with E-state index in [4.69, 9.17) is 4.42 Å². The Morgan fingerprint density at radius 2 is 1.92 bits per heavy atom. The molecule has 38 heavy (non-hydrogen) atoms. The Bertz CT molecular complexity index is 1350. The number of aromatic nitrogens is 1. The van der Waals surface area contributed by atoms with E-state index in [1.54, 1.807) is 13.0 Å². The SMILES string of the molecule is C[C@@H]1Cc2c(ccc3[nH]c(=O)oc23)C(c2c(F)cc(NC3CN(CCCF)C3)cc2F)N1CC(F)(F)CO. The number of aromatic amines is 1. The van der Waals surface area contributed by atoms with Gasteiger partial charge in [-0.25, -0.2) is 22.4 Å². The lowest BCUT2D eigenvalue weighted by Crippen LogP contribution is -2.54. The molecule has 0 spiro atoms. The van der Waals surface area contributed by atoms with Crippen LogP contribution in [0.1, 0.15) is 36.1 Å². The summed E-state index contributed by atoms with van der Waals surface area (Å²) in [4.78, 5) is 17.7. The quantitative estimate of drug-likeness (QED) is 0.358. The van der Waals surface area contributed by atoms with E-state index in [1.165, 1.54) is 11.0 Å². The summed E-state index contributed by atoms with van der Waals surface area (Å²) in [5, 5.41) is 12.3. The van der Waals surface area contributed by atoms with Crippen LogP contribution in [0.4, 0.5) is 27.6 Å². The number of likely N-dealkylation sites (tertiary alicyclic amines) is 1. The third-order valence-electron chi connectivity index (χ3n) is 7.35. The molecule has 7 nitrogen and oxygen atoms in total. The Labute approximate surface area is 215 Å². The van der Waals surface area contributed by atoms with Gasteiger partial charge < -0.3 is 14.8 Å². The van der Waals surface area contributed by atoms with Crippen LogP contribution in [0.25, 0.3) is 11.1 Å². The molecule has 12 heteroatoms. The molecule has 2 atom stereocenters. The summed E-state index contributed by atoms with van der Waals surface area (Å²) in [6.45, 7) is 0.722. The Morgan fingerprint density at radius 3 is 2.58 bits per heavy atom. The van der Waals surface area contributed by atoms with Crippen molar-refractivity contribution in [2.75, 3.05) is 44.8 Å². The van der Waals surface area contributed by atoms with Crippen molar-refractivity contribution < 1.29 is 31.5 Å². The number of alkyl halides is 3. The minimum absolute atomic E-state index is 0.0563. The van der Waals surface area contributed by atoms with Crippen LogP contribution in [0.15, 0.2) is 33.5 Å². The summed E-state index contributed by atoms with van der Waals surface area (Å²) in [6.07, 6.45) is 0.616. The largest absolute Gasteiger partial charge is 0.417 e. The molecule has 2 aromatic carbocycles. The van der Waals surface area contributed by atoms with Crippen molar-refractivity contribution in [3.63, 3.8) is 0 Å². The van der Waals surface area contributed by atoms with Crippen molar-refractivity contribution in [3.8, 4) is 0 Å². The number of halogens is 5. The third kappa shape index (κ3) is 5.04.